The molecule has 3 amide bonds. The lowest BCUT2D eigenvalue weighted by atomic mass is 10.1. The van der Waals surface area contributed by atoms with Crippen LogP contribution in [0.1, 0.15) is 54.5 Å². The summed E-state index contributed by atoms with van der Waals surface area (Å²) < 4.78 is 12.8. The first-order chi connectivity index (χ1) is 31.3. The van der Waals surface area contributed by atoms with Crippen LogP contribution in [0, 0.1) is 0 Å². The Kier molecular flexibility index (Phi) is 11.4. The molecule has 0 spiro atoms. The number of hydrogen-bond acceptors (Lipinski definition) is 17. The molecule has 0 bridgehead atoms. The van der Waals surface area contributed by atoms with Crippen LogP contribution in [0.5, 0.6) is 11.5 Å². The summed E-state index contributed by atoms with van der Waals surface area (Å²) in [5.41, 5.74) is 5.77. The molecule has 5 N–H and O–H groups in total. The second-order valence-corrected chi connectivity index (χ2v) is 17.3. The number of piperazine rings is 1. The Balaban J connectivity index is 0.936. The molecule has 0 radical (unpaired) electrons. The van der Waals surface area contributed by atoms with Crippen molar-refractivity contribution in [1.29, 1.82) is 0 Å². The number of pyridine rings is 1. The van der Waals surface area contributed by atoms with E-state index in [1.807, 2.05) is 30.3 Å². The number of aromatic nitrogens is 7. The number of fused-ring (bicyclic) bond motifs is 2. The van der Waals surface area contributed by atoms with Crippen molar-refractivity contribution in [3.63, 3.8) is 0 Å². The first-order valence-corrected chi connectivity index (χ1v) is 22.5. The van der Waals surface area contributed by atoms with Crippen molar-refractivity contribution in [3.05, 3.63) is 87.4 Å². The Morgan fingerprint density at radius 3 is 2.66 bits per heavy atom. The van der Waals surface area contributed by atoms with E-state index in [9.17, 15) is 14.4 Å². The molecule has 0 aliphatic carbocycles. The van der Waals surface area contributed by atoms with Gasteiger partial charge in [0.1, 0.15) is 6.54 Å². The molecule has 2 fully saturated rings. The Hall–Kier alpha value is -6.88. The zero-order chi connectivity index (χ0) is 43.7. The van der Waals surface area contributed by atoms with E-state index < -0.39 is 18.0 Å². The van der Waals surface area contributed by atoms with E-state index in [0.29, 0.717) is 77.0 Å². The lowest BCUT2D eigenvalue weighted by Gasteiger charge is -2.34. The third-order valence-corrected chi connectivity index (χ3v) is 13.4. The van der Waals surface area contributed by atoms with E-state index >= 15 is 0 Å². The Morgan fingerprint density at radius 2 is 1.78 bits per heavy atom. The number of para-hydroxylation sites is 2. The number of allylic oxidation sites excluding steroid dienone is 1. The van der Waals surface area contributed by atoms with Crippen molar-refractivity contribution >= 4 is 74.1 Å². The average molecular weight is 903 g/mol. The number of nitrogens with one attached hydrogen (secondary N) is 5. The topological polar surface area (TPSA) is 224 Å². The van der Waals surface area contributed by atoms with Crippen LogP contribution in [0.4, 0.5) is 16.5 Å². The summed E-state index contributed by atoms with van der Waals surface area (Å²) in [4.78, 5) is 65.0. The molecule has 1 unspecified atom stereocenters. The largest absolute Gasteiger partial charge is 0.493 e. The number of aromatic amines is 1. The van der Waals surface area contributed by atoms with E-state index in [2.05, 4.69) is 61.2 Å². The lowest BCUT2D eigenvalue weighted by molar-refractivity contribution is -0.764. The summed E-state index contributed by atoms with van der Waals surface area (Å²) in [6, 6.07) is 13.0. The van der Waals surface area contributed by atoms with Crippen LogP contribution in [0.15, 0.2) is 71.2 Å². The number of amides is 3. The fraction of sp³-hybridized carbons (Fsp3) is 0.333. The number of ether oxygens (including phenoxy) is 2. The second kappa shape index (κ2) is 17.7. The Morgan fingerprint density at radius 1 is 0.938 bits per heavy atom. The van der Waals surface area contributed by atoms with Crippen molar-refractivity contribution in [2.45, 2.75) is 25.6 Å². The van der Waals surface area contributed by atoms with Crippen molar-refractivity contribution in [3.8, 4) is 22.3 Å². The molecule has 64 heavy (non-hydrogen) atoms. The molecule has 6 aromatic rings. The summed E-state index contributed by atoms with van der Waals surface area (Å²) in [6.07, 6.45) is 6.19. The van der Waals surface area contributed by atoms with Gasteiger partial charge >= 0.3 is 11.0 Å². The number of benzene rings is 2. The highest BCUT2D eigenvalue weighted by atomic mass is 32.1. The number of H-pyrrole nitrogens is 1. The number of anilines is 3. The van der Waals surface area contributed by atoms with E-state index in [0.717, 1.165) is 83.3 Å². The minimum absolute atomic E-state index is 0.161. The molecule has 20 nitrogen and oxygen atoms in total. The smallest absolute Gasteiger partial charge is 0.368 e. The molecule has 8 heterocycles. The fourth-order valence-corrected chi connectivity index (χ4v) is 9.98. The number of nitrogens with zero attached hydrogens (tertiary/aromatic N) is 10. The number of aliphatic imine (C=N–C) groups is 1. The van der Waals surface area contributed by atoms with Gasteiger partial charge in [-0.3, -0.25) is 24.9 Å². The quantitative estimate of drug-likeness (QED) is 0.118. The summed E-state index contributed by atoms with van der Waals surface area (Å²) in [7, 11) is 3.08. The summed E-state index contributed by atoms with van der Waals surface area (Å²) in [5, 5.41) is 27.8. The van der Waals surface area contributed by atoms with Crippen LogP contribution in [-0.4, -0.2) is 126 Å². The zero-order valence-corrected chi connectivity index (χ0v) is 36.6. The van der Waals surface area contributed by atoms with Crippen molar-refractivity contribution in [1.82, 2.24) is 51.1 Å². The third kappa shape index (κ3) is 7.99. The van der Waals surface area contributed by atoms with Crippen LogP contribution in [0.25, 0.3) is 21.9 Å². The highest BCUT2D eigenvalue weighted by Crippen LogP contribution is 2.38. The van der Waals surface area contributed by atoms with Gasteiger partial charge in [0.25, 0.3) is 11.8 Å². The van der Waals surface area contributed by atoms with Gasteiger partial charge in [0, 0.05) is 69.4 Å². The second-order valence-electron chi connectivity index (χ2n) is 15.4. The van der Waals surface area contributed by atoms with Gasteiger partial charge in [-0.25, -0.2) is 9.78 Å². The predicted octanol–water partition coefficient (Wildman–Crippen LogP) is 2.97. The van der Waals surface area contributed by atoms with E-state index in [1.54, 1.807) is 47.4 Å². The van der Waals surface area contributed by atoms with Crippen molar-refractivity contribution in [2.24, 2.45) is 4.99 Å². The molecule has 4 aliphatic rings. The molecule has 0 saturated carbocycles. The number of imidazole rings is 1. The highest BCUT2D eigenvalue weighted by Gasteiger charge is 2.44. The van der Waals surface area contributed by atoms with Gasteiger partial charge in [0.2, 0.25) is 10.0 Å². The predicted molar refractivity (Wildman–Crippen MR) is 240 cm³/mol. The SMILES string of the molecule is COc1cc2c(cc1OC)C(=O)N(c1sc(C(=O)NC3=C(N4CCCNCC4)CCN=C3)n[n+]1C1CN(c3ccncc3NC(=O)c3nnc(-c4nc5ccccc5[nH]4)s3)CCN1)C2. The van der Waals surface area contributed by atoms with Crippen LogP contribution >= 0.6 is 22.7 Å². The van der Waals surface area contributed by atoms with Crippen LogP contribution in [-0.2, 0) is 6.54 Å². The summed E-state index contributed by atoms with van der Waals surface area (Å²) >= 11 is 2.27. The van der Waals surface area contributed by atoms with Crippen LogP contribution in [0.2, 0.25) is 0 Å². The van der Waals surface area contributed by atoms with E-state index in [4.69, 9.17) is 14.6 Å². The van der Waals surface area contributed by atoms with Gasteiger partial charge in [0.05, 0.1) is 60.6 Å². The van der Waals surface area contributed by atoms with Gasteiger partial charge in [-0.1, -0.05) is 28.6 Å². The minimum Gasteiger partial charge on any atom is -0.493 e. The maximum Gasteiger partial charge on any atom is 0.368 e. The summed E-state index contributed by atoms with van der Waals surface area (Å²) in [6.45, 7) is 5.82. The number of dihydropyridines is 1. The monoisotopic (exact) mass is 902 g/mol. The third-order valence-electron chi connectivity index (χ3n) is 11.4. The first kappa shape index (κ1) is 41.1. The molecule has 4 aromatic heterocycles. The maximum absolute atomic E-state index is 14.3. The number of carbonyl (C=O) groups is 3. The van der Waals surface area contributed by atoms with Gasteiger partial charge < -0.3 is 40.2 Å². The molecular weight excluding hydrogens is 859 g/mol. The number of carbonyl (C=O) groups excluding carboxylic acids is 3. The number of methoxy groups -OCH3 is 2. The van der Waals surface area contributed by atoms with Gasteiger partial charge in [0.15, 0.2) is 28.5 Å². The summed E-state index contributed by atoms with van der Waals surface area (Å²) in [5.74, 6) is 0.371. The Bertz CT molecular complexity index is 2800. The normalized spacial score (nSPS) is 17.8. The number of rotatable bonds is 11. The number of hydrogen-bond donors (Lipinski definition) is 5. The minimum atomic E-state index is -0.510. The standard InChI is InChI=1S/C42H43N15O5S2/c1-61-32-18-24-22-56(41(60)25(24)19-33(32)62-2)42-57(53-40(64-42)37(59)50-28-20-44-11-8-30(28)54-15-5-10-43-13-16-54)34-23-55(17-14-46-34)31-9-12-45-21-29(31)49-36(58)39-52-51-38(63-39)35-47-26-6-3-4-7-27(26)48-35/h3-4,6-7,9,12,18-21,34,43,46H,5,8,10-11,13-17,22-23H2,1-2H3,(H2-,47,48,49,50,51,58,59)/p+1. The lowest BCUT2D eigenvalue weighted by Crippen LogP contribution is -2.61. The fourth-order valence-electron chi connectivity index (χ4n) is 8.33. The molecular formula is C42H44N15O5S2+. The highest BCUT2D eigenvalue weighted by molar-refractivity contribution is 7.17. The molecule has 328 valence electrons. The van der Waals surface area contributed by atoms with Gasteiger partial charge in [-0.05, 0) is 54.6 Å². The molecule has 4 aliphatic heterocycles. The van der Waals surface area contributed by atoms with Crippen LogP contribution < -0.4 is 45.2 Å². The zero-order valence-electron chi connectivity index (χ0n) is 35.0. The van der Waals surface area contributed by atoms with Crippen molar-refractivity contribution in [2.75, 3.05) is 81.7 Å². The maximum atomic E-state index is 14.3. The van der Waals surface area contributed by atoms with Crippen molar-refractivity contribution < 1.29 is 28.5 Å². The first-order valence-electron chi connectivity index (χ1n) is 20.9. The van der Waals surface area contributed by atoms with Crippen LogP contribution in [0.3, 0.4) is 0 Å². The van der Waals surface area contributed by atoms with E-state index in [-0.39, 0.29) is 22.5 Å². The van der Waals surface area contributed by atoms with Gasteiger partial charge in [-0.15, -0.1) is 14.9 Å². The molecule has 2 saturated heterocycles. The van der Waals surface area contributed by atoms with E-state index in [1.165, 1.54) is 7.11 Å². The molecule has 22 heteroatoms. The van der Waals surface area contributed by atoms with Gasteiger partial charge in [-0.2, -0.15) is 4.90 Å². The molecule has 2 aromatic carbocycles. The average Bonchev–Trinajstić information content (AvgIpc) is 4.12. The molecule has 10 rings (SSSR count). The Labute approximate surface area is 374 Å². The molecule has 1 atom stereocenters.